The van der Waals surface area contributed by atoms with Crippen LogP contribution in [0.5, 0.6) is 0 Å². The first-order chi connectivity index (χ1) is 10.3. The van der Waals surface area contributed by atoms with Gasteiger partial charge in [-0.2, -0.15) is 0 Å². The monoisotopic (exact) mass is 326 g/mol. The van der Waals surface area contributed by atoms with E-state index in [1.807, 2.05) is 0 Å². The molecule has 0 aromatic carbocycles. The van der Waals surface area contributed by atoms with Gasteiger partial charge in [-0.05, 0) is 6.92 Å². The first-order valence-corrected chi connectivity index (χ1v) is 6.93. The molecule has 130 valence electrons. The molecule has 0 unspecified atom stereocenters. The Morgan fingerprint density at radius 2 is 1.45 bits per heavy atom. The summed E-state index contributed by atoms with van der Waals surface area (Å²) >= 11 is 0. The van der Waals surface area contributed by atoms with Crippen LogP contribution in [0.3, 0.4) is 0 Å². The smallest absolute Gasteiger partial charge is 0.187 e. The van der Waals surface area contributed by atoms with Gasteiger partial charge >= 0.3 is 0 Å². The Bertz CT molecular complexity index is 368. The molecule has 2 aliphatic rings. The van der Waals surface area contributed by atoms with Crippen LogP contribution in [0.2, 0.25) is 0 Å². The molecule has 10 nitrogen and oxygen atoms in total. The zero-order valence-corrected chi connectivity index (χ0v) is 11.8. The van der Waals surface area contributed by atoms with E-state index >= 15 is 0 Å². The van der Waals surface area contributed by atoms with E-state index in [0.29, 0.717) is 0 Å². The maximum absolute atomic E-state index is 9.93. The Balaban J connectivity index is 2.06. The van der Waals surface area contributed by atoms with Crippen molar-refractivity contribution in [2.75, 3.05) is 6.61 Å². The fourth-order valence-electron chi connectivity index (χ4n) is 2.50. The predicted octanol–water partition coefficient (Wildman–Crippen LogP) is -4.37. The van der Waals surface area contributed by atoms with Crippen molar-refractivity contribution in [1.29, 1.82) is 0 Å². The molecule has 0 radical (unpaired) electrons. The average Bonchev–Trinajstić information content (AvgIpc) is 2.49. The molecule has 2 fully saturated rings. The van der Waals surface area contributed by atoms with Crippen molar-refractivity contribution in [1.82, 2.24) is 0 Å². The minimum atomic E-state index is -1.69. The summed E-state index contributed by atoms with van der Waals surface area (Å²) in [7, 11) is 0. The lowest BCUT2D eigenvalue weighted by Crippen LogP contribution is -2.63. The second kappa shape index (κ2) is 7.01. The van der Waals surface area contributed by atoms with Crippen molar-refractivity contribution in [3.05, 3.63) is 0 Å². The van der Waals surface area contributed by atoms with E-state index in [1.165, 1.54) is 6.92 Å². The zero-order valence-electron chi connectivity index (χ0n) is 11.8. The lowest BCUT2D eigenvalue weighted by atomic mass is 9.97. The molecule has 7 N–H and O–H groups in total. The number of aliphatic hydroxyl groups is 7. The van der Waals surface area contributed by atoms with Crippen molar-refractivity contribution in [3.63, 3.8) is 0 Å². The quantitative estimate of drug-likeness (QED) is 0.269. The molecule has 2 heterocycles. The summed E-state index contributed by atoms with van der Waals surface area (Å²) in [6.45, 7) is 0.823. The number of ether oxygens (including phenoxy) is 3. The summed E-state index contributed by atoms with van der Waals surface area (Å²) in [5, 5.41) is 67.5. The van der Waals surface area contributed by atoms with E-state index in [-0.39, 0.29) is 0 Å². The molecular formula is C12H22O10. The van der Waals surface area contributed by atoms with Gasteiger partial charge in [-0.1, -0.05) is 0 Å². The van der Waals surface area contributed by atoms with E-state index in [4.69, 9.17) is 19.3 Å². The molecule has 2 aliphatic heterocycles. The number of aliphatic hydroxyl groups excluding tert-OH is 7. The largest absolute Gasteiger partial charge is 0.394 e. The highest BCUT2D eigenvalue weighted by Gasteiger charge is 2.49. The van der Waals surface area contributed by atoms with Gasteiger partial charge in [0.25, 0.3) is 0 Å². The fraction of sp³-hybridized carbons (Fsp3) is 1.00. The SMILES string of the molecule is C[C@@H]1O[C@@H](O[C@@H]2[C@@H](O)[C@H](O)[C@@H](CO)O[C@H]2O)[C@H](O)[C@H](O)[C@H]1O. The van der Waals surface area contributed by atoms with Crippen molar-refractivity contribution < 1.29 is 50.0 Å². The molecule has 10 heteroatoms. The van der Waals surface area contributed by atoms with Gasteiger partial charge in [-0.15, -0.1) is 0 Å². The third-order valence-corrected chi connectivity index (χ3v) is 3.94. The lowest BCUT2D eigenvalue weighted by molar-refractivity contribution is -0.358. The second-order valence-corrected chi connectivity index (χ2v) is 5.51. The molecule has 0 saturated carbocycles. The van der Waals surface area contributed by atoms with Crippen LogP contribution in [0.1, 0.15) is 6.92 Å². The summed E-state index contributed by atoms with van der Waals surface area (Å²) in [5.41, 5.74) is 0. The average molecular weight is 326 g/mol. The van der Waals surface area contributed by atoms with E-state index in [1.54, 1.807) is 0 Å². The first-order valence-electron chi connectivity index (χ1n) is 6.93. The molecule has 0 spiro atoms. The van der Waals surface area contributed by atoms with Crippen molar-refractivity contribution in [2.45, 2.75) is 68.3 Å². The molecule has 0 aromatic heterocycles. The predicted molar refractivity (Wildman–Crippen MR) is 67.2 cm³/mol. The first kappa shape index (κ1) is 17.9. The molecular weight excluding hydrogens is 304 g/mol. The Morgan fingerprint density at radius 3 is 2.05 bits per heavy atom. The Labute approximate surface area is 126 Å². The van der Waals surface area contributed by atoms with Crippen LogP contribution in [0.4, 0.5) is 0 Å². The minimum Gasteiger partial charge on any atom is -0.394 e. The lowest BCUT2D eigenvalue weighted by Gasteiger charge is -2.44. The van der Waals surface area contributed by atoms with Crippen molar-refractivity contribution in [2.24, 2.45) is 0 Å². The molecule has 22 heavy (non-hydrogen) atoms. The molecule has 10 atom stereocenters. The third kappa shape index (κ3) is 3.26. The van der Waals surface area contributed by atoms with E-state index in [9.17, 15) is 30.6 Å². The maximum atomic E-state index is 9.93. The van der Waals surface area contributed by atoms with Crippen LogP contribution in [-0.4, -0.2) is 104 Å². The second-order valence-electron chi connectivity index (χ2n) is 5.51. The van der Waals surface area contributed by atoms with Crippen LogP contribution in [0, 0.1) is 0 Å². The van der Waals surface area contributed by atoms with Crippen LogP contribution in [-0.2, 0) is 14.2 Å². The van der Waals surface area contributed by atoms with E-state index in [0.717, 1.165) is 0 Å². The molecule has 2 saturated heterocycles. The van der Waals surface area contributed by atoms with Gasteiger partial charge in [0.05, 0.1) is 12.7 Å². The van der Waals surface area contributed by atoms with Gasteiger partial charge in [0, 0.05) is 0 Å². The molecule has 2 rings (SSSR count). The number of rotatable bonds is 3. The van der Waals surface area contributed by atoms with Gasteiger partial charge in [-0.25, -0.2) is 0 Å². The molecule has 0 aromatic rings. The number of hydrogen-bond donors (Lipinski definition) is 7. The van der Waals surface area contributed by atoms with Crippen LogP contribution < -0.4 is 0 Å². The Morgan fingerprint density at radius 1 is 0.818 bits per heavy atom. The summed E-state index contributed by atoms with van der Waals surface area (Å²) in [6, 6.07) is 0. The highest BCUT2D eigenvalue weighted by molar-refractivity contribution is 4.92. The Hall–Kier alpha value is -0.400. The van der Waals surface area contributed by atoms with Crippen molar-refractivity contribution in [3.8, 4) is 0 Å². The highest BCUT2D eigenvalue weighted by atomic mass is 16.7. The van der Waals surface area contributed by atoms with E-state index in [2.05, 4.69) is 0 Å². The standard InChI is InChI=1S/C12H22O10/c1-3-5(14)7(16)9(18)12(20-3)22-10-8(17)6(15)4(2-13)21-11(10)19/h3-19H,2H2,1H3/t3-,4+,5-,6+,7+,8-,9+,10+,11+,12-/m0/s1. The van der Waals surface area contributed by atoms with Crippen LogP contribution >= 0.6 is 0 Å². The summed E-state index contributed by atoms with van der Waals surface area (Å²) in [5.74, 6) is 0. The highest BCUT2D eigenvalue weighted by Crippen LogP contribution is 2.28. The van der Waals surface area contributed by atoms with Gasteiger partial charge in [0.1, 0.15) is 42.7 Å². The normalized spacial score (nSPS) is 53.5. The van der Waals surface area contributed by atoms with Crippen LogP contribution in [0.25, 0.3) is 0 Å². The third-order valence-electron chi connectivity index (χ3n) is 3.94. The molecule has 0 amide bonds. The summed E-state index contributed by atoms with van der Waals surface area (Å²) in [6.07, 6.45) is -14.3. The van der Waals surface area contributed by atoms with Gasteiger partial charge in [0.2, 0.25) is 0 Å². The summed E-state index contributed by atoms with van der Waals surface area (Å²) < 4.78 is 15.3. The van der Waals surface area contributed by atoms with E-state index < -0.39 is 68.0 Å². The van der Waals surface area contributed by atoms with Gasteiger partial charge < -0.3 is 50.0 Å². The van der Waals surface area contributed by atoms with Gasteiger partial charge in [-0.3, -0.25) is 0 Å². The maximum Gasteiger partial charge on any atom is 0.187 e. The number of hydrogen-bond acceptors (Lipinski definition) is 10. The van der Waals surface area contributed by atoms with Crippen LogP contribution in [0.15, 0.2) is 0 Å². The topological polar surface area (TPSA) is 169 Å². The van der Waals surface area contributed by atoms with Gasteiger partial charge in [0.15, 0.2) is 12.6 Å². The zero-order chi connectivity index (χ0) is 16.6. The Kier molecular flexibility index (Phi) is 5.72. The minimum absolute atomic E-state index is 0.619. The molecule has 0 bridgehead atoms. The summed E-state index contributed by atoms with van der Waals surface area (Å²) in [4.78, 5) is 0. The molecule has 0 aliphatic carbocycles. The fourth-order valence-corrected chi connectivity index (χ4v) is 2.50. The van der Waals surface area contributed by atoms with Crippen molar-refractivity contribution >= 4 is 0 Å².